The summed E-state index contributed by atoms with van der Waals surface area (Å²) in [6.45, 7) is 60.0. The molecular weight excluding hydrogens is 1440 g/mol. The monoisotopic (exact) mass is 1590 g/mol. The summed E-state index contributed by atoms with van der Waals surface area (Å²) < 4.78 is 0. The van der Waals surface area contributed by atoms with Gasteiger partial charge in [0.15, 0.2) is 0 Å². The van der Waals surface area contributed by atoms with Crippen molar-refractivity contribution < 1.29 is 30.6 Å². The molecule has 0 atom stereocenters. The molecule has 6 N–H and O–H groups in total. The molecule has 0 saturated heterocycles. The third kappa shape index (κ3) is 28.5. The van der Waals surface area contributed by atoms with Gasteiger partial charge < -0.3 is 30.6 Å². The van der Waals surface area contributed by atoms with E-state index in [0.29, 0.717) is 34.5 Å². The number of para-hydroxylation sites is 1. The molecule has 0 aliphatic heterocycles. The normalized spacial score (nSPS) is 9.14. The number of benzene rings is 19. The first-order chi connectivity index (χ1) is 58.1. The van der Waals surface area contributed by atoms with Gasteiger partial charge >= 0.3 is 0 Å². The van der Waals surface area contributed by atoms with Crippen LogP contribution in [-0.4, -0.2) is 30.6 Å². The fourth-order valence-corrected chi connectivity index (χ4v) is 12.5. The van der Waals surface area contributed by atoms with Crippen LogP contribution in [0.25, 0.3) is 140 Å². The number of aromatic hydroxyl groups is 6. The van der Waals surface area contributed by atoms with Crippen molar-refractivity contribution in [3.05, 3.63) is 303 Å². The Labute approximate surface area is 712 Å². The molecule has 0 fully saturated rings. The molecule has 118 heavy (non-hydrogen) atoms. The van der Waals surface area contributed by atoms with E-state index in [4.69, 9.17) is 10.2 Å². The smallest absolute Gasteiger partial charge is 0.124 e. The summed E-state index contributed by atoms with van der Waals surface area (Å²) in [4.78, 5) is 0. The molecule has 0 radical (unpaired) electrons. The van der Waals surface area contributed by atoms with Gasteiger partial charge in [0.05, 0.1) is 0 Å². The van der Waals surface area contributed by atoms with Gasteiger partial charge in [-0.1, -0.05) is 444 Å². The van der Waals surface area contributed by atoms with E-state index in [1.165, 1.54) is 97.1 Å². The van der Waals surface area contributed by atoms with E-state index in [2.05, 4.69) is 121 Å². The van der Waals surface area contributed by atoms with Crippen molar-refractivity contribution in [2.24, 2.45) is 0 Å². The molecule has 0 heterocycles. The molecule has 0 aliphatic rings. The van der Waals surface area contributed by atoms with Crippen LogP contribution in [0.3, 0.4) is 0 Å². The highest BCUT2D eigenvalue weighted by Gasteiger charge is 2.21. The zero-order valence-electron chi connectivity index (χ0n) is 77.6. The Morgan fingerprint density at radius 3 is 0.831 bits per heavy atom. The number of hydrogen-bond acceptors (Lipinski definition) is 6. The molecule has 6 nitrogen and oxygen atoms in total. The fraction of sp³-hybridized carbons (Fsp3) is 0.268. The molecule has 0 saturated carbocycles. The van der Waals surface area contributed by atoms with Crippen LogP contribution in [0.1, 0.15) is 208 Å². The van der Waals surface area contributed by atoms with Crippen LogP contribution < -0.4 is 0 Å². The molecule has 0 bridgehead atoms. The van der Waals surface area contributed by atoms with E-state index in [1.54, 1.807) is 60.7 Å². The van der Waals surface area contributed by atoms with Gasteiger partial charge in [0, 0.05) is 26.9 Å². The van der Waals surface area contributed by atoms with E-state index in [-0.39, 0.29) is 0 Å². The first-order valence-corrected chi connectivity index (χ1v) is 44.1. The van der Waals surface area contributed by atoms with Crippen molar-refractivity contribution >= 4 is 129 Å². The average molecular weight is 1590 g/mol. The van der Waals surface area contributed by atoms with Gasteiger partial charge in [0.1, 0.15) is 34.5 Å². The van der Waals surface area contributed by atoms with E-state index in [0.717, 1.165) is 43.3 Å². The zero-order valence-corrected chi connectivity index (χ0v) is 77.6. The van der Waals surface area contributed by atoms with Crippen LogP contribution >= 0.6 is 0 Å². The molecule has 19 aromatic rings. The van der Waals surface area contributed by atoms with E-state index < -0.39 is 0 Å². The lowest BCUT2D eigenvalue weighted by Crippen LogP contribution is -1.92. The first-order valence-electron chi connectivity index (χ1n) is 44.1. The highest BCUT2D eigenvalue weighted by molar-refractivity contribution is 6.45. The molecule has 0 aromatic heterocycles. The number of phenols is 6. The Morgan fingerprint density at radius 1 is 0.127 bits per heavy atom. The maximum Gasteiger partial charge on any atom is 0.124 e. The summed E-state index contributed by atoms with van der Waals surface area (Å²) in [5, 5.41) is 85.7. The van der Waals surface area contributed by atoms with Gasteiger partial charge in [-0.15, -0.1) is 0 Å². The van der Waals surface area contributed by atoms with Crippen LogP contribution in [0.5, 0.6) is 34.5 Å². The maximum atomic E-state index is 10.6. The largest absolute Gasteiger partial charge is 0.508 e. The van der Waals surface area contributed by atoms with Crippen LogP contribution in [-0.2, 0) is 0 Å². The molecule has 0 unspecified atom stereocenters. The van der Waals surface area contributed by atoms with Crippen LogP contribution in [0.4, 0.5) is 0 Å². The molecule has 19 aromatic carbocycles. The van der Waals surface area contributed by atoms with Crippen molar-refractivity contribution in [3.63, 3.8) is 0 Å². The van der Waals surface area contributed by atoms with Crippen molar-refractivity contribution in [1.82, 2.24) is 0 Å². The topological polar surface area (TPSA) is 121 Å². The Hall–Kier alpha value is -11.9. The highest BCUT2D eigenvalue weighted by Crippen LogP contribution is 2.50. The zero-order chi connectivity index (χ0) is 89.8. The van der Waals surface area contributed by atoms with E-state index in [9.17, 15) is 20.4 Å². The Balaban J connectivity index is 0. The van der Waals surface area contributed by atoms with Crippen LogP contribution in [0, 0.1) is 0 Å². The van der Waals surface area contributed by atoms with Crippen molar-refractivity contribution in [1.29, 1.82) is 0 Å². The third-order valence-electron chi connectivity index (χ3n) is 16.7. The summed E-state index contributed by atoms with van der Waals surface area (Å²) >= 11 is 0. The molecule has 630 valence electrons. The van der Waals surface area contributed by atoms with Crippen LogP contribution in [0.15, 0.2) is 303 Å². The number of rotatable bonds is 1. The SMILES string of the molecule is CC.CC.CC.CC.CC.CC.CC.CC.CC.CC.CC.CC.CC.CC.CC.Oc1cc2ccc3ccc4ccc5ccc6ccc1c1c6c5c4c3c21.Oc1ccc(-c2ccccc2)cc1.Oc1ccc2cc3ccccc3cc2c1.Oc1ccc2ccc3cccc4ccc1c2c34.Oc1cccc2ccccc12.Oc1ccccc1. The van der Waals surface area contributed by atoms with Gasteiger partial charge in [-0.25, -0.2) is 0 Å². The van der Waals surface area contributed by atoms with Gasteiger partial charge in [-0.05, 0) is 180 Å². The maximum absolute atomic E-state index is 10.6. The Kier molecular flexibility index (Phi) is 58.1. The number of phenolic OH excluding ortho intramolecular Hbond substituents is 6. The summed E-state index contributed by atoms with van der Waals surface area (Å²) in [5.74, 6) is 2.02. The minimum absolute atomic E-state index is 0.305. The minimum Gasteiger partial charge on any atom is -0.508 e. The quantitative estimate of drug-likeness (QED) is 0.0719. The Morgan fingerprint density at radius 2 is 0.398 bits per heavy atom. The number of fused-ring (bicyclic) bond motifs is 3. The standard InChI is InChI=1S/C24H12O.C16H10O.C14H10O.C12H10O.C10H8O.C6H6O.15C2H6/c25-18-11-16-8-7-14-4-2-12-1-3-13-5-6-15-9-10-17(18)24-22(15)20(13)19(12)21(14)23(16)24;17-14-9-7-12-5-4-10-2-1-3-11-6-8-13(14)16(12)15(10)11;15-14-6-5-12-7-10-3-1-2-4-11(10)8-13(12)9-14;13-12-8-6-11(7-9-12)10-4-2-1-3-5-10;11-10-7-3-5-8-4-1-2-6-9(8)10;7-6-4-2-1-3-5-6;15*1-2/h1-11,25H;1-9,17H;1-9,15H;1-9,13H;1-7,11H;1-5,7H;15*1-2H3. The Bertz CT molecular complexity index is 5550. The van der Waals surface area contributed by atoms with Gasteiger partial charge in [0.2, 0.25) is 0 Å². The highest BCUT2D eigenvalue weighted by atomic mass is 16.3. The molecule has 19 rings (SSSR count). The van der Waals surface area contributed by atoms with Gasteiger partial charge in [-0.2, -0.15) is 0 Å². The third-order valence-corrected chi connectivity index (χ3v) is 16.7. The molecule has 0 spiro atoms. The fourth-order valence-electron chi connectivity index (χ4n) is 12.5. The first kappa shape index (κ1) is 108. The van der Waals surface area contributed by atoms with Gasteiger partial charge in [-0.3, -0.25) is 0 Å². The molecule has 0 aliphatic carbocycles. The second kappa shape index (κ2) is 63.4. The van der Waals surface area contributed by atoms with E-state index >= 15 is 0 Å². The lowest BCUT2D eigenvalue weighted by molar-refractivity contribution is 0.475. The van der Waals surface area contributed by atoms with Crippen LogP contribution in [0.2, 0.25) is 0 Å². The second-order valence-electron chi connectivity index (χ2n) is 22.1. The van der Waals surface area contributed by atoms with E-state index in [1.807, 2.05) is 329 Å². The lowest BCUT2D eigenvalue weighted by Gasteiger charge is -2.20. The summed E-state index contributed by atoms with van der Waals surface area (Å²) in [5.41, 5.74) is 2.29. The molecule has 0 amide bonds. The predicted molar refractivity (Wildman–Crippen MR) is 539 cm³/mol. The average Bonchev–Trinajstić information content (AvgIpc) is 0.686. The minimum atomic E-state index is 0.305. The number of hydrogen-bond donors (Lipinski definition) is 6. The van der Waals surface area contributed by atoms with Crippen molar-refractivity contribution in [2.75, 3.05) is 0 Å². The summed E-state index contributed by atoms with van der Waals surface area (Å²) in [7, 11) is 0. The predicted octanol–water partition coefficient (Wildman–Crippen LogP) is 37.0. The molecular formula is C112H146O6. The lowest BCUT2D eigenvalue weighted by atomic mass is 9.83. The van der Waals surface area contributed by atoms with Gasteiger partial charge in [0.25, 0.3) is 0 Å². The summed E-state index contributed by atoms with van der Waals surface area (Å²) in [6.07, 6.45) is 0. The summed E-state index contributed by atoms with van der Waals surface area (Å²) in [6, 6.07) is 99.3. The second-order valence-corrected chi connectivity index (χ2v) is 22.1. The van der Waals surface area contributed by atoms with Crippen molar-refractivity contribution in [3.8, 4) is 45.6 Å². The molecule has 6 heteroatoms. The van der Waals surface area contributed by atoms with Crippen molar-refractivity contribution in [2.45, 2.75) is 208 Å².